The van der Waals surface area contributed by atoms with Gasteiger partial charge in [0.25, 0.3) is 0 Å². The zero-order valence-electron chi connectivity index (χ0n) is 12.2. The highest BCUT2D eigenvalue weighted by Crippen LogP contribution is 2.21. The molecule has 0 aliphatic rings. The maximum atomic E-state index is 13.2. The molecule has 0 fully saturated rings. The lowest BCUT2D eigenvalue weighted by Crippen LogP contribution is -2.44. The molecule has 112 valence electrons. The molecule has 1 rings (SSSR count). The van der Waals surface area contributed by atoms with Crippen LogP contribution in [0.1, 0.15) is 18.1 Å². The van der Waals surface area contributed by atoms with Gasteiger partial charge in [-0.3, -0.25) is 4.79 Å². The lowest BCUT2D eigenvalue weighted by molar-refractivity contribution is -0.130. The number of hydrogen-bond acceptors (Lipinski definition) is 3. The maximum absolute atomic E-state index is 13.2. The molecule has 0 heterocycles. The Balaban J connectivity index is 3.16. The van der Waals surface area contributed by atoms with Gasteiger partial charge in [0.2, 0.25) is 15.9 Å². The van der Waals surface area contributed by atoms with E-state index in [1.165, 1.54) is 25.7 Å². The highest BCUT2D eigenvalue weighted by atomic mass is 32.2. The van der Waals surface area contributed by atoms with Crippen molar-refractivity contribution in [3.63, 3.8) is 0 Å². The number of likely N-dealkylation sites (N-methyl/N-ethyl adjacent to an activating group) is 1. The Hall–Kier alpha value is -1.47. The number of hydrogen-bond donors (Lipinski definition) is 1. The third-order valence-corrected chi connectivity index (χ3v) is 4.68. The van der Waals surface area contributed by atoms with Crippen molar-refractivity contribution < 1.29 is 17.6 Å². The van der Waals surface area contributed by atoms with Crippen LogP contribution in [-0.2, 0) is 14.8 Å². The quantitative estimate of drug-likeness (QED) is 0.909. The molecular weight excluding hydrogens is 283 g/mol. The Morgan fingerprint density at radius 3 is 2.10 bits per heavy atom. The van der Waals surface area contributed by atoms with Crippen molar-refractivity contribution in [1.29, 1.82) is 0 Å². The molecule has 1 atom stereocenters. The lowest BCUT2D eigenvalue weighted by Gasteiger charge is -2.19. The average Bonchev–Trinajstić information content (AvgIpc) is 2.24. The SMILES string of the molecule is Cc1cc(F)cc(C)c1S(=O)(=O)NC(C)C(=O)N(C)C. The van der Waals surface area contributed by atoms with Crippen LogP contribution in [0, 0.1) is 19.7 Å². The first-order valence-corrected chi connectivity index (χ1v) is 7.55. The molecule has 1 amide bonds. The van der Waals surface area contributed by atoms with Crippen LogP contribution >= 0.6 is 0 Å². The number of nitrogens with zero attached hydrogens (tertiary/aromatic N) is 1. The van der Waals surface area contributed by atoms with Crippen LogP contribution in [0.2, 0.25) is 0 Å². The van der Waals surface area contributed by atoms with E-state index in [9.17, 15) is 17.6 Å². The first-order chi connectivity index (χ1) is 9.06. The summed E-state index contributed by atoms with van der Waals surface area (Å²) in [6.07, 6.45) is 0. The predicted octanol–water partition coefficient (Wildman–Crippen LogP) is 1.20. The van der Waals surface area contributed by atoms with E-state index in [-0.39, 0.29) is 10.8 Å². The smallest absolute Gasteiger partial charge is 0.241 e. The Kier molecular flexibility index (Phi) is 4.88. The van der Waals surface area contributed by atoms with Gasteiger partial charge in [-0.15, -0.1) is 0 Å². The Morgan fingerprint density at radius 1 is 1.25 bits per heavy atom. The third kappa shape index (κ3) is 3.55. The zero-order chi connectivity index (χ0) is 15.7. The van der Waals surface area contributed by atoms with Crippen LogP contribution in [0.5, 0.6) is 0 Å². The van der Waals surface area contributed by atoms with Gasteiger partial charge >= 0.3 is 0 Å². The summed E-state index contributed by atoms with van der Waals surface area (Å²) in [5.41, 5.74) is 0.610. The average molecular weight is 302 g/mol. The fourth-order valence-electron chi connectivity index (χ4n) is 2.05. The summed E-state index contributed by atoms with van der Waals surface area (Å²) in [7, 11) is -0.794. The van der Waals surface area contributed by atoms with Gasteiger partial charge in [-0.1, -0.05) is 0 Å². The number of carbonyl (C=O) groups excluding carboxylic acids is 1. The number of amides is 1. The number of aryl methyl sites for hydroxylation is 2. The van der Waals surface area contributed by atoms with E-state index in [0.29, 0.717) is 11.1 Å². The maximum Gasteiger partial charge on any atom is 0.241 e. The van der Waals surface area contributed by atoms with E-state index in [4.69, 9.17) is 0 Å². The van der Waals surface area contributed by atoms with E-state index in [2.05, 4.69) is 4.72 Å². The number of halogens is 1. The summed E-state index contributed by atoms with van der Waals surface area (Å²) in [6.45, 7) is 4.50. The minimum Gasteiger partial charge on any atom is -0.347 e. The van der Waals surface area contributed by atoms with Gasteiger partial charge in [-0.25, -0.2) is 12.8 Å². The molecule has 7 heteroatoms. The van der Waals surface area contributed by atoms with Gasteiger partial charge < -0.3 is 4.90 Å². The van der Waals surface area contributed by atoms with Crippen LogP contribution in [0.15, 0.2) is 17.0 Å². The van der Waals surface area contributed by atoms with Crippen molar-refractivity contribution >= 4 is 15.9 Å². The highest BCUT2D eigenvalue weighted by Gasteiger charge is 2.26. The molecule has 0 bridgehead atoms. The molecular formula is C13H19FN2O3S. The molecule has 0 spiro atoms. The normalized spacial score (nSPS) is 13.1. The molecule has 0 aliphatic heterocycles. The van der Waals surface area contributed by atoms with Crippen LogP contribution in [0.3, 0.4) is 0 Å². The number of rotatable bonds is 4. The molecule has 5 nitrogen and oxygen atoms in total. The van der Waals surface area contributed by atoms with Crippen LogP contribution in [0.4, 0.5) is 4.39 Å². The zero-order valence-corrected chi connectivity index (χ0v) is 13.0. The summed E-state index contributed by atoms with van der Waals surface area (Å²) in [6, 6.07) is 1.42. The standard InChI is InChI=1S/C13H19FN2O3S/c1-8-6-11(14)7-9(2)12(8)20(18,19)15-10(3)13(17)16(4)5/h6-7,10,15H,1-5H3. The fraction of sp³-hybridized carbons (Fsp3) is 0.462. The summed E-state index contributed by atoms with van der Waals surface area (Å²) in [5, 5.41) is 0. The molecule has 1 unspecified atom stereocenters. The summed E-state index contributed by atoms with van der Waals surface area (Å²) in [4.78, 5) is 13.0. The topological polar surface area (TPSA) is 66.5 Å². The third-order valence-electron chi connectivity index (χ3n) is 2.84. The molecule has 1 aromatic rings. The van der Waals surface area contributed by atoms with Crippen molar-refractivity contribution in [3.8, 4) is 0 Å². The van der Waals surface area contributed by atoms with Crippen LogP contribution < -0.4 is 4.72 Å². The van der Waals surface area contributed by atoms with Crippen molar-refractivity contribution in [2.75, 3.05) is 14.1 Å². The number of carbonyl (C=O) groups is 1. The fourth-order valence-corrected chi connectivity index (χ4v) is 3.70. The van der Waals surface area contributed by atoms with Crippen molar-refractivity contribution in [2.24, 2.45) is 0 Å². The second-order valence-corrected chi connectivity index (χ2v) is 6.60. The minimum absolute atomic E-state index is 0.0114. The molecule has 1 aromatic carbocycles. The number of nitrogens with one attached hydrogen (secondary N) is 1. The van der Waals surface area contributed by atoms with E-state index >= 15 is 0 Å². The Bertz CT molecular complexity index is 603. The van der Waals surface area contributed by atoms with Gasteiger partial charge in [0.1, 0.15) is 5.82 Å². The largest absolute Gasteiger partial charge is 0.347 e. The van der Waals surface area contributed by atoms with Gasteiger partial charge in [0, 0.05) is 14.1 Å². The van der Waals surface area contributed by atoms with E-state index in [1.807, 2.05) is 0 Å². The summed E-state index contributed by atoms with van der Waals surface area (Å²) in [5.74, 6) is -0.845. The highest BCUT2D eigenvalue weighted by molar-refractivity contribution is 7.89. The van der Waals surface area contributed by atoms with Gasteiger partial charge in [-0.05, 0) is 44.0 Å². The number of benzene rings is 1. The van der Waals surface area contributed by atoms with Gasteiger partial charge in [-0.2, -0.15) is 4.72 Å². The summed E-state index contributed by atoms with van der Waals surface area (Å²) >= 11 is 0. The molecule has 0 aliphatic carbocycles. The first kappa shape index (κ1) is 16.6. The molecule has 0 saturated carbocycles. The van der Waals surface area contributed by atoms with E-state index in [1.54, 1.807) is 14.1 Å². The van der Waals surface area contributed by atoms with Gasteiger partial charge in [0.05, 0.1) is 10.9 Å². The van der Waals surface area contributed by atoms with Crippen LogP contribution in [0.25, 0.3) is 0 Å². The van der Waals surface area contributed by atoms with Crippen molar-refractivity contribution in [2.45, 2.75) is 31.7 Å². The molecule has 0 saturated heterocycles. The molecule has 20 heavy (non-hydrogen) atoms. The predicted molar refractivity (Wildman–Crippen MR) is 74.4 cm³/mol. The van der Waals surface area contributed by atoms with E-state index < -0.39 is 21.9 Å². The molecule has 1 N–H and O–H groups in total. The van der Waals surface area contributed by atoms with Crippen LogP contribution in [-0.4, -0.2) is 39.4 Å². The second kappa shape index (κ2) is 5.88. The van der Waals surface area contributed by atoms with Crippen molar-refractivity contribution in [3.05, 3.63) is 29.1 Å². The molecule has 0 radical (unpaired) electrons. The van der Waals surface area contributed by atoms with E-state index in [0.717, 1.165) is 12.1 Å². The molecule has 0 aromatic heterocycles. The summed E-state index contributed by atoms with van der Waals surface area (Å²) < 4.78 is 40.2. The second-order valence-electron chi connectivity index (χ2n) is 4.94. The van der Waals surface area contributed by atoms with Gasteiger partial charge in [0.15, 0.2) is 0 Å². The monoisotopic (exact) mass is 302 g/mol. The first-order valence-electron chi connectivity index (χ1n) is 6.06. The lowest BCUT2D eigenvalue weighted by atomic mass is 10.1. The Labute approximate surface area is 118 Å². The number of sulfonamides is 1. The van der Waals surface area contributed by atoms with Crippen molar-refractivity contribution in [1.82, 2.24) is 9.62 Å². The Morgan fingerprint density at radius 2 is 1.70 bits per heavy atom. The minimum atomic E-state index is -3.88.